The van der Waals surface area contributed by atoms with E-state index < -0.39 is 55.0 Å². The van der Waals surface area contributed by atoms with Crippen molar-refractivity contribution in [3.8, 4) is 17.0 Å². The maximum absolute atomic E-state index is 14.8. The number of carboxylic acid groups (broad SMARTS) is 2. The van der Waals surface area contributed by atoms with Crippen molar-refractivity contribution in [1.82, 2.24) is 28.1 Å². The summed E-state index contributed by atoms with van der Waals surface area (Å²) < 4.78 is 74.7. The minimum atomic E-state index is -4.12. The summed E-state index contributed by atoms with van der Waals surface area (Å²) in [5.41, 5.74) is 0.375. The van der Waals surface area contributed by atoms with Gasteiger partial charge in [-0.2, -0.15) is 0 Å². The van der Waals surface area contributed by atoms with Gasteiger partial charge < -0.3 is 25.2 Å². The Labute approximate surface area is 345 Å². The van der Waals surface area contributed by atoms with Gasteiger partial charge in [-0.3, -0.25) is 9.97 Å². The number of aromatic nitrogens is 4. The first-order valence-electron chi connectivity index (χ1n) is 17.7. The molecule has 1 unspecified atom stereocenters. The molecule has 0 saturated carbocycles. The number of nitrogens with zero attached hydrogens (tertiary/aromatic N) is 5. The minimum Gasteiger partial charge on any atom is -0.497 e. The molecule has 312 valence electrons. The molecule has 0 aliphatic heterocycles. The largest absolute Gasteiger partial charge is 0.497 e. The van der Waals surface area contributed by atoms with Gasteiger partial charge in [0, 0.05) is 60.9 Å². The van der Waals surface area contributed by atoms with E-state index in [1.807, 2.05) is 41.5 Å². The van der Waals surface area contributed by atoms with Gasteiger partial charge in [0.1, 0.15) is 26.0 Å². The molecule has 0 saturated heterocycles. The van der Waals surface area contributed by atoms with Crippen molar-refractivity contribution < 1.29 is 45.8 Å². The Morgan fingerprint density at radius 2 is 1.45 bits per heavy atom. The SMILES string of the molecule is CC(C)(C)N(CCc1cc(Br)n(S(=O)(=O)c2cccnc2)c1)C(=O)O.COc1ccc(F)c(-c2cc(CC(NC(=O)O)C(C)(C)C)cn2S(=O)(=O)c2cccnc2)c1. The monoisotopic (exact) mass is 904 g/mol. The number of hydrogen-bond donors (Lipinski definition) is 3. The maximum Gasteiger partial charge on any atom is 0.407 e. The second-order valence-electron chi connectivity index (χ2n) is 15.2. The summed E-state index contributed by atoms with van der Waals surface area (Å²) in [7, 11) is -6.44. The van der Waals surface area contributed by atoms with E-state index in [2.05, 4.69) is 31.2 Å². The van der Waals surface area contributed by atoms with Gasteiger partial charge in [0.25, 0.3) is 20.0 Å². The van der Waals surface area contributed by atoms with Crippen molar-refractivity contribution in [3.63, 3.8) is 0 Å². The van der Waals surface area contributed by atoms with Gasteiger partial charge in [-0.15, -0.1) is 0 Å². The van der Waals surface area contributed by atoms with Crippen LogP contribution in [-0.4, -0.2) is 87.3 Å². The van der Waals surface area contributed by atoms with Crippen LogP contribution in [0.2, 0.25) is 0 Å². The van der Waals surface area contributed by atoms with Crippen molar-refractivity contribution in [1.29, 1.82) is 0 Å². The molecule has 19 heteroatoms. The van der Waals surface area contributed by atoms with Gasteiger partial charge in [0.15, 0.2) is 0 Å². The Hall–Kier alpha value is -5.27. The topological polar surface area (TPSA) is 203 Å². The summed E-state index contributed by atoms with van der Waals surface area (Å²) in [5, 5.41) is 21.1. The van der Waals surface area contributed by atoms with E-state index in [1.54, 1.807) is 18.2 Å². The fraction of sp³-hybridized carbons (Fsp3) is 0.333. The van der Waals surface area contributed by atoms with Crippen LogP contribution in [0.4, 0.5) is 14.0 Å². The summed E-state index contributed by atoms with van der Waals surface area (Å²) in [4.78, 5) is 31.8. The second-order valence-corrected chi connectivity index (χ2v) is 19.6. The number of pyridine rings is 2. The molecule has 0 aliphatic carbocycles. The lowest BCUT2D eigenvalue weighted by molar-refractivity contribution is 0.101. The van der Waals surface area contributed by atoms with Gasteiger partial charge in [0.2, 0.25) is 0 Å². The average molecular weight is 906 g/mol. The molecule has 0 fully saturated rings. The highest BCUT2D eigenvalue weighted by Gasteiger charge is 2.30. The zero-order valence-electron chi connectivity index (χ0n) is 32.9. The van der Waals surface area contributed by atoms with Crippen LogP contribution in [0.15, 0.2) is 106 Å². The molecular formula is C39H46BrFN6O9S2. The molecule has 4 heterocycles. The molecular weight excluding hydrogens is 859 g/mol. The van der Waals surface area contributed by atoms with Crippen LogP contribution in [0.25, 0.3) is 11.3 Å². The molecule has 0 aliphatic rings. The normalized spacial score (nSPS) is 12.6. The quantitative estimate of drug-likeness (QED) is 0.113. The van der Waals surface area contributed by atoms with Gasteiger partial charge >= 0.3 is 12.2 Å². The number of benzene rings is 1. The molecule has 0 bridgehead atoms. The summed E-state index contributed by atoms with van der Waals surface area (Å²) in [6.07, 6.45) is 6.74. The Bertz CT molecular complexity index is 2450. The molecule has 5 aromatic rings. The second kappa shape index (κ2) is 18.1. The van der Waals surface area contributed by atoms with Crippen LogP contribution >= 0.6 is 15.9 Å². The summed E-state index contributed by atoms with van der Waals surface area (Å²) in [6, 6.07) is 12.7. The van der Waals surface area contributed by atoms with Crippen molar-refractivity contribution in [2.24, 2.45) is 5.41 Å². The van der Waals surface area contributed by atoms with Crippen LogP contribution in [0.3, 0.4) is 0 Å². The van der Waals surface area contributed by atoms with E-state index in [4.69, 9.17) is 4.74 Å². The number of halogens is 2. The zero-order chi connectivity index (χ0) is 43.2. The van der Waals surface area contributed by atoms with Gasteiger partial charge in [-0.1, -0.05) is 20.8 Å². The Morgan fingerprint density at radius 3 is 1.93 bits per heavy atom. The number of ether oxygens (including phenoxy) is 1. The summed E-state index contributed by atoms with van der Waals surface area (Å²) in [6.45, 7) is 11.3. The lowest BCUT2D eigenvalue weighted by atomic mass is 9.83. The van der Waals surface area contributed by atoms with E-state index in [0.29, 0.717) is 22.3 Å². The van der Waals surface area contributed by atoms with Crippen LogP contribution < -0.4 is 10.1 Å². The molecule has 15 nitrogen and oxygen atoms in total. The number of amides is 2. The molecule has 3 N–H and O–H groups in total. The predicted molar refractivity (Wildman–Crippen MR) is 218 cm³/mol. The van der Waals surface area contributed by atoms with Crippen LogP contribution in [0.5, 0.6) is 5.75 Å². The van der Waals surface area contributed by atoms with Gasteiger partial charge in [0.05, 0.1) is 12.8 Å². The molecule has 4 aromatic heterocycles. The Kier molecular flexibility index (Phi) is 14.2. The lowest BCUT2D eigenvalue weighted by Crippen LogP contribution is -2.45. The fourth-order valence-corrected chi connectivity index (χ4v) is 9.31. The van der Waals surface area contributed by atoms with E-state index >= 15 is 0 Å². The van der Waals surface area contributed by atoms with Crippen molar-refractivity contribution in [3.05, 3.63) is 113 Å². The Morgan fingerprint density at radius 1 is 0.879 bits per heavy atom. The number of rotatable bonds is 12. The van der Waals surface area contributed by atoms with E-state index in [9.17, 15) is 41.0 Å². The first-order chi connectivity index (χ1) is 27.0. The smallest absolute Gasteiger partial charge is 0.407 e. The molecule has 1 aromatic carbocycles. The first kappa shape index (κ1) is 45.4. The van der Waals surface area contributed by atoms with Crippen molar-refractivity contribution in [2.45, 2.75) is 75.8 Å². The highest BCUT2D eigenvalue weighted by atomic mass is 79.9. The number of carbonyl (C=O) groups is 2. The number of hydrogen-bond acceptors (Lipinski definition) is 9. The van der Waals surface area contributed by atoms with E-state index in [-0.39, 0.29) is 34.0 Å². The van der Waals surface area contributed by atoms with E-state index in [0.717, 1.165) is 13.5 Å². The van der Waals surface area contributed by atoms with Crippen LogP contribution in [0.1, 0.15) is 52.7 Å². The van der Waals surface area contributed by atoms with Crippen LogP contribution in [-0.2, 0) is 32.9 Å². The highest BCUT2D eigenvalue weighted by molar-refractivity contribution is 9.10. The molecule has 2 amide bonds. The highest BCUT2D eigenvalue weighted by Crippen LogP contribution is 2.33. The lowest BCUT2D eigenvalue weighted by Gasteiger charge is -2.33. The predicted octanol–water partition coefficient (Wildman–Crippen LogP) is 7.36. The fourth-order valence-electron chi connectivity index (χ4n) is 5.76. The zero-order valence-corrected chi connectivity index (χ0v) is 36.1. The first-order valence-corrected chi connectivity index (χ1v) is 21.4. The maximum atomic E-state index is 14.8. The molecule has 0 radical (unpaired) electrons. The summed E-state index contributed by atoms with van der Waals surface area (Å²) in [5.74, 6) is -0.265. The Balaban J connectivity index is 0.000000267. The molecule has 58 heavy (non-hydrogen) atoms. The summed E-state index contributed by atoms with van der Waals surface area (Å²) >= 11 is 3.26. The van der Waals surface area contributed by atoms with Crippen molar-refractivity contribution >= 4 is 48.2 Å². The van der Waals surface area contributed by atoms with Gasteiger partial charge in [-0.05, 0) is 121 Å². The molecule has 5 rings (SSSR count). The molecule has 1 atom stereocenters. The number of methoxy groups -OCH3 is 1. The third kappa shape index (κ3) is 11.0. The number of nitrogens with one attached hydrogen (secondary N) is 1. The average Bonchev–Trinajstić information content (AvgIpc) is 3.75. The van der Waals surface area contributed by atoms with E-state index in [1.165, 1.54) is 85.6 Å². The third-order valence-corrected chi connectivity index (χ3v) is 13.1. The van der Waals surface area contributed by atoms with Crippen molar-refractivity contribution in [2.75, 3.05) is 13.7 Å². The minimum absolute atomic E-state index is 0.0339. The molecule has 0 spiro atoms. The van der Waals surface area contributed by atoms with Crippen LogP contribution in [0, 0.1) is 11.2 Å². The standard InChI is InChI=1S/C23H26FN3O5S.C16H20BrN3O4S/c1-23(2,3)21(26-22(28)29)11-15-10-20(18-12-16(32-4)7-8-19(18)24)27(14-15)33(30,31)17-6-5-9-25-13-17;1-16(2,3)19(15(21)22)8-6-12-9-14(17)20(11-12)25(23,24)13-5-4-7-18-10-13/h5-10,12-14,21,26H,11H2,1-4H3,(H,28,29);4-5,7,9-11H,6,8H2,1-3H3,(H,21,22). The third-order valence-electron chi connectivity index (χ3n) is 8.92. The van der Waals surface area contributed by atoms with Gasteiger partial charge in [-0.25, -0.2) is 38.8 Å².